The van der Waals surface area contributed by atoms with E-state index < -0.39 is 10.4 Å². The average Bonchev–Trinajstić information content (AvgIpc) is 2.29. The Kier molecular flexibility index (Phi) is 10.6. The van der Waals surface area contributed by atoms with Gasteiger partial charge in [0.15, 0.2) is 0 Å². The molecule has 1 atom stereocenters. The fourth-order valence-corrected chi connectivity index (χ4v) is 1.96. The van der Waals surface area contributed by atoms with Gasteiger partial charge in [-0.2, -0.15) is 8.42 Å². The quantitative estimate of drug-likeness (QED) is 0.256. The Balaban J connectivity index is 3.28. The van der Waals surface area contributed by atoms with Crippen molar-refractivity contribution in [1.29, 1.82) is 0 Å². The SMILES string of the molecule is CCCCCCCCCCC(C)OOS(=O)(=O)O. The van der Waals surface area contributed by atoms with Crippen molar-refractivity contribution in [2.75, 3.05) is 0 Å². The van der Waals surface area contributed by atoms with Crippen LogP contribution in [0.4, 0.5) is 0 Å². The zero-order valence-electron chi connectivity index (χ0n) is 11.4. The van der Waals surface area contributed by atoms with Crippen LogP contribution in [0.15, 0.2) is 0 Å². The summed E-state index contributed by atoms with van der Waals surface area (Å²) in [5.74, 6) is 0. The third-order valence-corrected chi connectivity index (χ3v) is 3.00. The van der Waals surface area contributed by atoms with E-state index in [1.165, 1.54) is 38.5 Å². The van der Waals surface area contributed by atoms with Crippen LogP contribution in [0.3, 0.4) is 0 Å². The molecule has 6 heteroatoms. The molecular formula is C12H26O5S. The van der Waals surface area contributed by atoms with Crippen molar-refractivity contribution in [2.45, 2.75) is 77.7 Å². The van der Waals surface area contributed by atoms with Crippen molar-refractivity contribution in [3.05, 3.63) is 0 Å². The fourth-order valence-electron chi connectivity index (χ4n) is 1.73. The summed E-state index contributed by atoms with van der Waals surface area (Å²) in [7, 11) is -4.49. The van der Waals surface area contributed by atoms with Gasteiger partial charge in [0, 0.05) is 0 Å². The molecule has 0 saturated heterocycles. The van der Waals surface area contributed by atoms with E-state index in [1.807, 2.05) is 0 Å². The topological polar surface area (TPSA) is 72.8 Å². The highest BCUT2D eigenvalue weighted by Gasteiger charge is 2.10. The molecule has 0 aromatic heterocycles. The van der Waals surface area contributed by atoms with Crippen molar-refractivity contribution in [3.8, 4) is 0 Å². The highest BCUT2D eigenvalue weighted by molar-refractivity contribution is 7.80. The van der Waals surface area contributed by atoms with Gasteiger partial charge in [0.2, 0.25) is 0 Å². The summed E-state index contributed by atoms with van der Waals surface area (Å²) < 4.78 is 32.6. The highest BCUT2D eigenvalue weighted by Crippen LogP contribution is 2.12. The summed E-state index contributed by atoms with van der Waals surface area (Å²) in [4.78, 5) is 4.53. The maximum absolute atomic E-state index is 10.2. The lowest BCUT2D eigenvalue weighted by Gasteiger charge is -2.09. The van der Waals surface area contributed by atoms with E-state index in [0.29, 0.717) is 0 Å². The number of hydrogen-bond acceptors (Lipinski definition) is 4. The smallest absolute Gasteiger partial charge is 0.262 e. The molecule has 0 aliphatic rings. The van der Waals surface area contributed by atoms with Crippen LogP contribution in [0.25, 0.3) is 0 Å². The molecule has 0 aliphatic heterocycles. The molecule has 0 amide bonds. The summed E-state index contributed by atoms with van der Waals surface area (Å²) in [6.45, 7) is 3.92. The summed E-state index contributed by atoms with van der Waals surface area (Å²) >= 11 is 0. The minimum Gasteiger partial charge on any atom is -0.262 e. The van der Waals surface area contributed by atoms with E-state index in [4.69, 9.17) is 4.55 Å². The standard InChI is InChI=1S/C12H26O5S/c1-3-4-5-6-7-8-9-10-11-12(2)16-17-18(13,14)15/h12H,3-11H2,1-2H3,(H,13,14,15). The molecule has 1 unspecified atom stereocenters. The minimum absolute atomic E-state index is 0.327. The maximum Gasteiger partial charge on any atom is 0.424 e. The third kappa shape index (κ3) is 13.9. The van der Waals surface area contributed by atoms with Crippen LogP contribution in [-0.2, 0) is 19.6 Å². The summed E-state index contributed by atoms with van der Waals surface area (Å²) in [6, 6.07) is 0. The molecule has 0 bridgehead atoms. The molecule has 1 N–H and O–H groups in total. The summed E-state index contributed by atoms with van der Waals surface area (Å²) in [5, 5.41) is 0. The highest BCUT2D eigenvalue weighted by atomic mass is 32.3. The van der Waals surface area contributed by atoms with Gasteiger partial charge in [0.25, 0.3) is 0 Å². The minimum atomic E-state index is -4.49. The molecule has 110 valence electrons. The zero-order chi connectivity index (χ0) is 13.9. The summed E-state index contributed by atoms with van der Waals surface area (Å²) in [5.41, 5.74) is 0. The lowest BCUT2D eigenvalue weighted by atomic mass is 10.1. The molecule has 0 rings (SSSR count). The Labute approximate surface area is 111 Å². The van der Waals surface area contributed by atoms with Crippen LogP contribution in [0, 0.1) is 0 Å². The molecule has 0 saturated carbocycles. The molecule has 0 aromatic carbocycles. The van der Waals surface area contributed by atoms with E-state index in [9.17, 15) is 8.42 Å². The second kappa shape index (κ2) is 10.7. The van der Waals surface area contributed by atoms with Crippen molar-refractivity contribution in [3.63, 3.8) is 0 Å². The van der Waals surface area contributed by atoms with E-state index in [1.54, 1.807) is 6.92 Å². The van der Waals surface area contributed by atoms with Crippen molar-refractivity contribution in [1.82, 2.24) is 0 Å². The first-order chi connectivity index (χ1) is 8.45. The number of hydrogen-bond donors (Lipinski definition) is 1. The predicted molar refractivity (Wildman–Crippen MR) is 70.4 cm³/mol. The average molecular weight is 282 g/mol. The Hall–Kier alpha value is -0.170. The molecule has 0 fully saturated rings. The van der Waals surface area contributed by atoms with Crippen molar-refractivity contribution >= 4 is 10.4 Å². The van der Waals surface area contributed by atoms with Gasteiger partial charge in [-0.15, -0.1) is 0 Å². The van der Waals surface area contributed by atoms with Gasteiger partial charge < -0.3 is 0 Å². The maximum atomic E-state index is 10.2. The molecule has 18 heavy (non-hydrogen) atoms. The van der Waals surface area contributed by atoms with Gasteiger partial charge in [-0.1, -0.05) is 62.6 Å². The Bertz CT molecular complexity index is 276. The number of unbranched alkanes of at least 4 members (excludes halogenated alkanes) is 7. The van der Waals surface area contributed by atoms with E-state index in [0.717, 1.165) is 19.3 Å². The van der Waals surface area contributed by atoms with Crippen LogP contribution >= 0.6 is 0 Å². The second-order valence-corrected chi connectivity index (χ2v) is 5.66. The Morgan fingerprint density at radius 1 is 1.00 bits per heavy atom. The van der Waals surface area contributed by atoms with Gasteiger partial charge in [-0.3, -0.25) is 4.55 Å². The van der Waals surface area contributed by atoms with Gasteiger partial charge in [-0.25, -0.2) is 4.89 Å². The van der Waals surface area contributed by atoms with E-state index in [-0.39, 0.29) is 6.10 Å². The van der Waals surface area contributed by atoms with Gasteiger partial charge in [0.1, 0.15) is 0 Å². The van der Waals surface area contributed by atoms with Crippen molar-refractivity contribution in [2.24, 2.45) is 0 Å². The largest absolute Gasteiger partial charge is 0.424 e. The van der Waals surface area contributed by atoms with E-state index >= 15 is 0 Å². The van der Waals surface area contributed by atoms with Gasteiger partial charge >= 0.3 is 10.4 Å². The van der Waals surface area contributed by atoms with Crippen LogP contribution in [0.1, 0.15) is 71.6 Å². The zero-order valence-corrected chi connectivity index (χ0v) is 12.2. The molecule has 0 aromatic rings. The van der Waals surface area contributed by atoms with Crippen LogP contribution < -0.4 is 0 Å². The monoisotopic (exact) mass is 282 g/mol. The molecule has 0 spiro atoms. The van der Waals surface area contributed by atoms with Crippen LogP contribution in [-0.4, -0.2) is 19.1 Å². The lowest BCUT2D eigenvalue weighted by Crippen LogP contribution is -2.13. The molecule has 0 radical (unpaired) electrons. The first-order valence-corrected chi connectivity index (χ1v) is 8.14. The van der Waals surface area contributed by atoms with Crippen LogP contribution in [0.2, 0.25) is 0 Å². The summed E-state index contributed by atoms with van der Waals surface area (Å²) in [6.07, 6.45) is 10.2. The lowest BCUT2D eigenvalue weighted by molar-refractivity contribution is -0.242. The molecule has 0 heterocycles. The van der Waals surface area contributed by atoms with Crippen molar-refractivity contribution < 1.29 is 22.2 Å². The molecule has 0 aliphatic carbocycles. The van der Waals surface area contributed by atoms with E-state index in [2.05, 4.69) is 16.1 Å². The molecular weight excluding hydrogens is 256 g/mol. The third-order valence-electron chi connectivity index (χ3n) is 2.75. The van der Waals surface area contributed by atoms with Crippen LogP contribution in [0.5, 0.6) is 0 Å². The Morgan fingerprint density at radius 3 is 2.00 bits per heavy atom. The first kappa shape index (κ1) is 17.8. The van der Waals surface area contributed by atoms with Gasteiger partial charge in [-0.05, 0) is 13.3 Å². The number of rotatable bonds is 12. The molecule has 5 nitrogen and oxygen atoms in total. The normalized spacial score (nSPS) is 13.7. The Morgan fingerprint density at radius 2 is 1.50 bits per heavy atom. The second-order valence-electron chi connectivity index (χ2n) is 4.67. The van der Waals surface area contributed by atoms with Gasteiger partial charge in [0.05, 0.1) is 6.10 Å². The first-order valence-electron chi connectivity index (χ1n) is 6.78. The fraction of sp³-hybridized carbons (Fsp3) is 1.00. The predicted octanol–water partition coefficient (Wildman–Crippen LogP) is 3.66.